The number of hydrogen-bond acceptors (Lipinski definition) is 5. The number of amides is 2. The fourth-order valence-corrected chi connectivity index (χ4v) is 6.81. The van der Waals surface area contributed by atoms with Crippen LogP contribution in [0.4, 0.5) is 4.79 Å². The van der Waals surface area contributed by atoms with Crippen LogP contribution in [0, 0.1) is 11.8 Å². The second-order valence-electron chi connectivity index (χ2n) is 12.0. The van der Waals surface area contributed by atoms with Crippen molar-refractivity contribution in [1.82, 2.24) is 15.5 Å². The van der Waals surface area contributed by atoms with Crippen molar-refractivity contribution in [2.24, 2.45) is 11.8 Å². The zero-order valence-electron chi connectivity index (χ0n) is 25.2. The number of aliphatic hydroxyl groups is 1. The van der Waals surface area contributed by atoms with Gasteiger partial charge in [0.05, 0.1) is 5.60 Å². The van der Waals surface area contributed by atoms with Gasteiger partial charge in [0.1, 0.15) is 11.5 Å². The first-order valence-electron chi connectivity index (χ1n) is 15.8. The third kappa shape index (κ3) is 8.94. The van der Waals surface area contributed by atoms with Gasteiger partial charge in [-0.2, -0.15) is 0 Å². The molecule has 3 N–H and O–H groups in total. The smallest absolute Gasteiger partial charge is 0.317 e. The molecule has 1 aliphatic carbocycles. The Morgan fingerprint density at radius 2 is 1.78 bits per heavy atom. The number of ether oxygens (including phenoxy) is 2. The van der Waals surface area contributed by atoms with Crippen molar-refractivity contribution < 1.29 is 19.4 Å². The minimum absolute atomic E-state index is 0.0127. The molecule has 0 bridgehead atoms. The molecule has 0 aromatic heterocycles. The predicted octanol–water partition coefficient (Wildman–Crippen LogP) is 6.46. The summed E-state index contributed by atoms with van der Waals surface area (Å²) in [7, 11) is 3.66. The summed E-state index contributed by atoms with van der Waals surface area (Å²) in [6.45, 7) is 2.65. The number of likely N-dealkylation sites (N-methyl/N-ethyl adjacent to an activating group) is 1. The molecule has 1 heterocycles. The van der Waals surface area contributed by atoms with E-state index in [1.54, 1.807) is 7.11 Å². The number of rotatable bonds is 14. The normalized spacial score (nSPS) is 20.3. The van der Waals surface area contributed by atoms with Crippen LogP contribution >= 0.6 is 0 Å². The average Bonchev–Trinajstić information content (AvgIpc) is 3.01. The highest BCUT2D eigenvalue weighted by molar-refractivity contribution is 5.74. The molecule has 2 aliphatic rings. The van der Waals surface area contributed by atoms with Gasteiger partial charge in [0.15, 0.2) is 0 Å². The Kier molecular flexibility index (Phi) is 12.3. The summed E-state index contributed by atoms with van der Waals surface area (Å²) >= 11 is 0. The van der Waals surface area contributed by atoms with Gasteiger partial charge >= 0.3 is 6.03 Å². The molecular weight excluding hydrogens is 514 g/mol. The lowest BCUT2D eigenvalue weighted by molar-refractivity contribution is -0.0575. The number of methoxy groups -OCH3 is 1. The van der Waals surface area contributed by atoms with Gasteiger partial charge in [-0.15, -0.1) is 0 Å². The lowest BCUT2D eigenvalue weighted by Crippen LogP contribution is -2.54. The number of unbranched alkanes of at least 4 members (excludes halogenated alkanes) is 1. The lowest BCUT2D eigenvalue weighted by Gasteiger charge is -2.43. The molecule has 7 heteroatoms. The van der Waals surface area contributed by atoms with Gasteiger partial charge < -0.3 is 30.1 Å². The fraction of sp³-hybridized carbons (Fsp3) is 0.618. The topological polar surface area (TPSA) is 83.1 Å². The second-order valence-corrected chi connectivity index (χ2v) is 12.0. The van der Waals surface area contributed by atoms with E-state index in [0.717, 1.165) is 50.0 Å². The number of nitrogens with zero attached hydrogens (tertiary/aromatic N) is 1. The minimum Gasteiger partial charge on any atom is -0.457 e. The van der Waals surface area contributed by atoms with Crippen molar-refractivity contribution in [1.29, 1.82) is 0 Å². The van der Waals surface area contributed by atoms with Gasteiger partial charge in [-0.25, -0.2) is 4.79 Å². The summed E-state index contributed by atoms with van der Waals surface area (Å²) in [6, 6.07) is 17.6. The van der Waals surface area contributed by atoms with Gasteiger partial charge in [-0.05, 0) is 69.7 Å². The van der Waals surface area contributed by atoms with Crippen LogP contribution in [0.25, 0.3) is 0 Å². The SMILES string of the molecule is CNCC(CC1CCCCC1)NC(=O)N1CCC[C@@H]([C@@](O)(CCCCOC)c2ccccc2Oc2ccccc2)C1. The van der Waals surface area contributed by atoms with E-state index in [1.807, 2.05) is 66.5 Å². The molecule has 3 atom stereocenters. The molecule has 2 fully saturated rings. The molecule has 1 saturated carbocycles. The van der Waals surface area contributed by atoms with Crippen LogP contribution in [0.5, 0.6) is 11.5 Å². The number of benzene rings is 2. The van der Waals surface area contributed by atoms with Crippen LogP contribution in [0.15, 0.2) is 54.6 Å². The van der Waals surface area contributed by atoms with Crippen molar-refractivity contribution in [3.63, 3.8) is 0 Å². The largest absolute Gasteiger partial charge is 0.457 e. The standard InChI is InChI=1S/C34H51N3O4/c1-35-25-29(24-27-14-5-3-6-15-27)36-33(38)37-22-13-16-28(26-37)34(39,21-11-12-23-40-2)31-19-9-10-20-32(31)41-30-17-7-4-8-18-30/h4,7-10,17-20,27-29,35,39H,3,5-6,11-16,21-26H2,1-2H3,(H,36,38)/t28-,29?,34+/m1/s1. The molecule has 4 rings (SSSR count). The van der Waals surface area contributed by atoms with Crippen molar-refractivity contribution in [3.05, 3.63) is 60.2 Å². The van der Waals surface area contributed by atoms with Crippen LogP contribution in [-0.2, 0) is 10.3 Å². The summed E-state index contributed by atoms with van der Waals surface area (Å²) in [5, 5.41) is 19.2. The monoisotopic (exact) mass is 565 g/mol. The van der Waals surface area contributed by atoms with E-state index in [-0.39, 0.29) is 18.0 Å². The molecule has 226 valence electrons. The number of likely N-dealkylation sites (tertiary alicyclic amines) is 1. The molecule has 7 nitrogen and oxygen atoms in total. The van der Waals surface area contributed by atoms with Crippen molar-refractivity contribution in [2.45, 2.75) is 82.3 Å². The summed E-state index contributed by atoms with van der Waals surface area (Å²) in [5.74, 6) is 1.98. The number of carbonyl (C=O) groups is 1. The Balaban J connectivity index is 1.51. The van der Waals surface area contributed by atoms with Crippen molar-refractivity contribution in [3.8, 4) is 11.5 Å². The summed E-state index contributed by atoms with van der Waals surface area (Å²) in [5.41, 5.74) is -0.344. The van der Waals surface area contributed by atoms with E-state index >= 15 is 0 Å². The molecule has 1 aliphatic heterocycles. The molecular formula is C34H51N3O4. The Morgan fingerprint density at radius 3 is 2.54 bits per heavy atom. The van der Waals surface area contributed by atoms with Gasteiger partial charge in [0, 0.05) is 50.9 Å². The van der Waals surface area contributed by atoms with Crippen LogP contribution in [0.2, 0.25) is 0 Å². The number of nitrogens with one attached hydrogen (secondary N) is 2. The van der Waals surface area contributed by atoms with E-state index in [4.69, 9.17) is 9.47 Å². The first-order chi connectivity index (χ1) is 20.0. The van der Waals surface area contributed by atoms with E-state index in [1.165, 1.54) is 32.1 Å². The van der Waals surface area contributed by atoms with Crippen LogP contribution < -0.4 is 15.4 Å². The maximum Gasteiger partial charge on any atom is 0.317 e. The maximum absolute atomic E-state index is 13.6. The highest BCUT2D eigenvalue weighted by Crippen LogP contribution is 2.44. The molecule has 2 aromatic rings. The number of para-hydroxylation sites is 2. The first-order valence-corrected chi connectivity index (χ1v) is 15.8. The van der Waals surface area contributed by atoms with E-state index < -0.39 is 5.60 Å². The van der Waals surface area contributed by atoms with Gasteiger partial charge in [-0.1, -0.05) is 68.5 Å². The lowest BCUT2D eigenvalue weighted by atomic mass is 9.73. The Hall–Kier alpha value is -2.61. The quantitative estimate of drug-likeness (QED) is 0.229. The van der Waals surface area contributed by atoms with E-state index in [0.29, 0.717) is 37.8 Å². The first kappa shape index (κ1) is 31.3. The number of piperidine rings is 1. The van der Waals surface area contributed by atoms with Crippen LogP contribution in [0.1, 0.15) is 76.2 Å². The average molecular weight is 566 g/mol. The zero-order valence-corrected chi connectivity index (χ0v) is 25.2. The molecule has 41 heavy (non-hydrogen) atoms. The zero-order chi connectivity index (χ0) is 28.9. The fourth-order valence-electron chi connectivity index (χ4n) is 6.81. The summed E-state index contributed by atoms with van der Waals surface area (Å²) < 4.78 is 11.6. The molecule has 1 saturated heterocycles. The predicted molar refractivity (Wildman–Crippen MR) is 164 cm³/mol. The van der Waals surface area contributed by atoms with Crippen molar-refractivity contribution in [2.75, 3.05) is 40.4 Å². The second kappa shape index (κ2) is 16.1. The maximum atomic E-state index is 13.6. The molecule has 2 aromatic carbocycles. The highest BCUT2D eigenvalue weighted by atomic mass is 16.5. The van der Waals surface area contributed by atoms with E-state index in [2.05, 4.69) is 10.6 Å². The molecule has 0 radical (unpaired) electrons. The van der Waals surface area contributed by atoms with Gasteiger partial charge in [-0.3, -0.25) is 0 Å². The summed E-state index contributed by atoms with van der Waals surface area (Å²) in [4.78, 5) is 15.5. The third-order valence-electron chi connectivity index (χ3n) is 8.99. The Bertz CT molecular complexity index is 1050. The third-order valence-corrected chi connectivity index (χ3v) is 8.99. The van der Waals surface area contributed by atoms with Gasteiger partial charge in [0.2, 0.25) is 0 Å². The minimum atomic E-state index is -1.13. The number of hydrogen-bond donors (Lipinski definition) is 3. The van der Waals surface area contributed by atoms with Gasteiger partial charge in [0.25, 0.3) is 0 Å². The Labute approximate surface area is 247 Å². The number of urea groups is 1. The van der Waals surface area contributed by atoms with Crippen molar-refractivity contribution >= 4 is 6.03 Å². The molecule has 2 amide bonds. The van der Waals surface area contributed by atoms with Crippen LogP contribution in [0.3, 0.4) is 0 Å². The Morgan fingerprint density at radius 1 is 1.02 bits per heavy atom. The van der Waals surface area contributed by atoms with Crippen LogP contribution in [-0.4, -0.2) is 62.5 Å². The summed E-state index contributed by atoms with van der Waals surface area (Å²) in [6.07, 6.45) is 11.5. The van der Waals surface area contributed by atoms with E-state index in [9.17, 15) is 9.90 Å². The molecule has 0 spiro atoms. The molecule has 1 unspecified atom stereocenters. The highest BCUT2D eigenvalue weighted by Gasteiger charge is 2.43. The number of carbonyl (C=O) groups excluding carboxylic acids is 1.